The summed E-state index contributed by atoms with van der Waals surface area (Å²) in [7, 11) is 1.60. The minimum atomic E-state index is -0.229. The van der Waals surface area contributed by atoms with Crippen LogP contribution >= 0.6 is 0 Å². The summed E-state index contributed by atoms with van der Waals surface area (Å²) in [6.07, 6.45) is 10.5. The first kappa shape index (κ1) is 18.4. The van der Waals surface area contributed by atoms with Crippen molar-refractivity contribution in [2.24, 2.45) is 5.92 Å². The van der Waals surface area contributed by atoms with Crippen molar-refractivity contribution in [1.82, 2.24) is 25.5 Å². The van der Waals surface area contributed by atoms with Crippen LogP contribution in [0.2, 0.25) is 0 Å². The molecule has 28 heavy (non-hydrogen) atoms. The van der Waals surface area contributed by atoms with Gasteiger partial charge in [-0.15, -0.1) is 0 Å². The normalized spacial score (nSPS) is 16.0. The van der Waals surface area contributed by atoms with E-state index in [9.17, 15) is 4.79 Å². The van der Waals surface area contributed by atoms with Gasteiger partial charge in [0.1, 0.15) is 17.1 Å². The van der Waals surface area contributed by atoms with Crippen molar-refractivity contribution in [1.29, 1.82) is 0 Å². The lowest BCUT2D eigenvalue weighted by molar-refractivity contribution is 0.0922. The Morgan fingerprint density at radius 1 is 1.21 bits per heavy atom. The molecular weight excluding hydrogens is 354 g/mol. The van der Waals surface area contributed by atoms with Crippen molar-refractivity contribution in [3.05, 3.63) is 48.2 Å². The van der Waals surface area contributed by atoms with Gasteiger partial charge in [0.2, 0.25) is 0 Å². The van der Waals surface area contributed by atoms with Crippen molar-refractivity contribution in [3.8, 4) is 5.75 Å². The van der Waals surface area contributed by atoms with Crippen LogP contribution in [0.3, 0.4) is 0 Å². The largest absolute Gasteiger partial charge is 0.494 e. The number of carbonyl (C=O) groups excluding carboxylic acids is 1. The van der Waals surface area contributed by atoms with Crippen molar-refractivity contribution >= 4 is 16.8 Å². The zero-order valence-corrected chi connectivity index (χ0v) is 16.0. The fourth-order valence-electron chi connectivity index (χ4n) is 4.06. The minimum absolute atomic E-state index is 0.228. The molecule has 3 aromatic rings. The Bertz CT molecular complexity index is 934. The first-order valence-electron chi connectivity index (χ1n) is 9.85. The minimum Gasteiger partial charge on any atom is -0.494 e. The molecule has 7 nitrogen and oxygen atoms in total. The van der Waals surface area contributed by atoms with Gasteiger partial charge in [-0.1, -0.05) is 44.2 Å². The Morgan fingerprint density at radius 2 is 2.00 bits per heavy atom. The Balaban J connectivity index is 1.58. The van der Waals surface area contributed by atoms with E-state index in [1.54, 1.807) is 25.6 Å². The molecular formula is C21H25N5O2. The zero-order valence-electron chi connectivity index (χ0n) is 16.0. The molecule has 1 unspecified atom stereocenters. The number of para-hydroxylation sites is 1. The lowest BCUT2D eigenvalue weighted by Gasteiger charge is -2.26. The molecule has 1 amide bonds. The number of nitrogens with zero attached hydrogens (tertiary/aromatic N) is 3. The number of hydrogen-bond acceptors (Lipinski definition) is 5. The third-order valence-electron chi connectivity index (χ3n) is 5.49. The number of methoxy groups -OCH3 is 1. The van der Waals surface area contributed by atoms with E-state index < -0.39 is 0 Å². The first-order chi connectivity index (χ1) is 13.8. The van der Waals surface area contributed by atoms with Gasteiger partial charge in [-0.2, -0.15) is 5.10 Å². The average molecular weight is 379 g/mol. The molecule has 1 atom stereocenters. The quantitative estimate of drug-likeness (QED) is 0.679. The Labute approximate surface area is 163 Å². The molecule has 0 saturated heterocycles. The highest BCUT2D eigenvalue weighted by molar-refractivity contribution is 6.06. The lowest BCUT2D eigenvalue weighted by atomic mass is 9.84. The number of H-pyrrole nitrogens is 1. The number of fused-ring (bicyclic) bond motifs is 1. The molecule has 4 rings (SSSR count). The van der Waals surface area contributed by atoms with Crippen molar-refractivity contribution < 1.29 is 9.53 Å². The predicted octanol–water partition coefficient (Wildman–Crippen LogP) is 3.80. The zero-order chi connectivity index (χ0) is 19.3. The van der Waals surface area contributed by atoms with Crippen LogP contribution in [0, 0.1) is 5.92 Å². The van der Waals surface area contributed by atoms with Crippen LogP contribution < -0.4 is 10.1 Å². The van der Waals surface area contributed by atoms with E-state index >= 15 is 0 Å². The summed E-state index contributed by atoms with van der Waals surface area (Å²) >= 11 is 0. The van der Waals surface area contributed by atoms with E-state index in [4.69, 9.17) is 4.74 Å². The van der Waals surface area contributed by atoms with E-state index in [0.717, 1.165) is 17.3 Å². The van der Waals surface area contributed by atoms with E-state index in [0.29, 0.717) is 23.2 Å². The van der Waals surface area contributed by atoms with Crippen LogP contribution in [0.15, 0.2) is 36.7 Å². The Kier molecular flexibility index (Phi) is 5.50. The van der Waals surface area contributed by atoms with Crippen LogP contribution in [0.1, 0.15) is 60.9 Å². The molecule has 2 N–H and O–H groups in total. The van der Waals surface area contributed by atoms with Gasteiger partial charge in [0, 0.05) is 17.8 Å². The van der Waals surface area contributed by atoms with Gasteiger partial charge < -0.3 is 10.1 Å². The number of nitrogens with one attached hydrogen (secondary N) is 2. The highest BCUT2D eigenvalue weighted by Crippen LogP contribution is 2.31. The molecule has 1 aliphatic rings. The number of benzene rings is 1. The van der Waals surface area contributed by atoms with E-state index in [1.165, 1.54) is 32.1 Å². The number of rotatable bonds is 6. The summed E-state index contributed by atoms with van der Waals surface area (Å²) in [5, 5.41) is 11.0. The Morgan fingerprint density at radius 3 is 2.75 bits per heavy atom. The second kappa shape index (κ2) is 8.37. The average Bonchev–Trinajstić information content (AvgIpc) is 3.19. The second-order valence-corrected chi connectivity index (χ2v) is 7.33. The highest BCUT2D eigenvalue weighted by atomic mass is 16.5. The summed E-state index contributed by atoms with van der Waals surface area (Å²) in [6.45, 7) is 0. The molecule has 1 aliphatic carbocycles. The van der Waals surface area contributed by atoms with Crippen molar-refractivity contribution in [3.63, 3.8) is 0 Å². The maximum absolute atomic E-state index is 13.1. The highest BCUT2D eigenvalue weighted by Gasteiger charge is 2.25. The van der Waals surface area contributed by atoms with Gasteiger partial charge in [0.15, 0.2) is 5.69 Å². The van der Waals surface area contributed by atoms with Crippen LogP contribution in [0.5, 0.6) is 5.75 Å². The molecule has 0 spiro atoms. The molecule has 0 bridgehead atoms. The monoisotopic (exact) mass is 379 g/mol. The molecule has 1 saturated carbocycles. The van der Waals surface area contributed by atoms with Crippen LogP contribution in [-0.4, -0.2) is 33.2 Å². The number of amides is 1. The number of aromatic amines is 1. The molecule has 2 aromatic heterocycles. The fraction of sp³-hybridized carbons (Fsp3) is 0.429. The number of hydrogen-bond donors (Lipinski definition) is 2. The van der Waals surface area contributed by atoms with Gasteiger partial charge >= 0.3 is 0 Å². The van der Waals surface area contributed by atoms with Crippen LogP contribution in [0.25, 0.3) is 10.9 Å². The van der Waals surface area contributed by atoms with Crippen molar-refractivity contribution in [2.75, 3.05) is 7.11 Å². The maximum Gasteiger partial charge on any atom is 0.273 e. The summed E-state index contributed by atoms with van der Waals surface area (Å²) in [5.74, 6) is 1.67. The first-order valence-corrected chi connectivity index (χ1v) is 9.85. The molecule has 1 aromatic carbocycles. The van der Waals surface area contributed by atoms with E-state index in [1.807, 2.05) is 18.2 Å². The standard InChI is InChI=1S/C21H25N5O2/c1-28-17-10-5-9-15-18(17)25-26-19(15)21(27)24-16(20-22-11-6-12-23-20)13-14-7-3-2-4-8-14/h5-6,9-12,14,16H,2-4,7-8,13H2,1H3,(H,24,27)(H,25,26). The number of ether oxygens (including phenoxy) is 1. The molecule has 0 aliphatic heterocycles. The molecule has 1 fully saturated rings. The van der Waals surface area contributed by atoms with E-state index in [2.05, 4.69) is 25.5 Å². The molecule has 0 radical (unpaired) electrons. The summed E-state index contributed by atoms with van der Waals surface area (Å²) in [4.78, 5) is 21.8. The molecule has 2 heterocycles. The Hall–Kier alpha value is -2.96. The summed E-state index contributed by atoms with van der Waals surface area (Å²) in [6, 6.07) is 7.12. The number of aromatic nitrogens is 4. The topological polar surface area (TPSA) is 92.8 Å². The number of carbonyl (C=O) groups is 1. The van der Waals surface area contributed by atoms with Crippen LogP contribution in [-0.2, 0) is 0 Å². The van der Waals surface area contributed by atoms with Gasteiger partial charge in [-0.05, 0) is 24.5 Å². The van der Waals surface area contributed by atoms with Gasteiger partial charge in [-0.3, -0.25) is 9.89 Å². The summed E-state index contributed by atoms with van der Waals surface area (Å²) < 4.78 is 5.35. The SMILES string of the molecule is COc1cccc2c(C(=O)NC(CC3CCCCC3)c3ncccn3)n[nH]c12. The second-order valence-electron chi connectivity index (χ2n) is 7.33. The smallest absolute Gasteiger partial charge is 0.273 e. The molecule has 146 valence electrons. The third-order valence-corrected chi connectivity index (χ3v) is 5.49. The summed E-state index contributed by atoms with van der Waals surface area (Å²) in [5.41, 5.74) is 1.08. The fourth-order valence-corrected chi connectivity index (χ4v) is 4.06. The lowest BCUT2D eigenvalue weighted by Crippen LogP contribution is -2.32. The van der Waals surface area contributed by atoms with Gasteiger partial charge in [0.25, 0.3) is 5.91 Å². The third kappa shape index (κ3) is 3.83. The van der Waals surface area contributed by atoms with Gasteiger partial charge in [-0.25, -0.2) is 9.97 Å². The predicted molar refractivity (Wildman–Crippen MR) is 106 cm³/mol. The maximum atomic E-state index is 13.1. The molecule has 7 heteroatoms. The van der Waals surface area contributed by atoms with Crippen molar-refractivity contribution in [2.45, 2.75) is 44.6 Å². The van der Waals surface area contributed by atoms with Gasteiger partial charge in [0.05, 0.1) is 13.2 Å². The van der Waals surface area contributed by atoms with E-state index in [-0.39, 0.29) is 11.9 Å². The van der Waals surface area contributed by atoms with Crippen LogP contribution in [0.4, 0.5) is 0 Å².